The summed E-state index contributed by atoms with van der Waals surface area (Å²) >= 11 is 4.91. The van der Waals surface area contributed by atoms with Gasteiger partial charge in [-0.15, -0.1) is 0 Å². The molecule has 42 heavy (non-hydrogen) atoms. The van der Waals surface area contributed by atoms with Gasteiger partial charge in [-0.3, -0.25) is 9.36 Å². The minimum Gasteiger partial charge on any atom is -0.496 e. The zero-order valence-electron chi connectivity index (χ0n) is 23.5. The van der Waals surface area contributed by atoms with Crippen LogP contribution in [0.1, 0.15) is 43.9 Å². The summed E-state index contributed by atoms with van der Waals surface area (Å²) in [6.45, 7) is 4.03. The van der Waals surface area contributed by atoms with Crippen LogP contribution in [0.3, 0.4) is 0 Å². The third-order valence-electron chi connectivity index (χ3n) is 7.47. The number of aromatic nitrogens is 1. The Balaban J connectivity index is 1.69. The van der Waals surface area contributed by atoms with Gasteiger partial charge in [0.15, 0.2) is 4.80 Å². The highest BCUT2D eigenvalue weighted by Gasteiger charge is 2.36. The van der Waals surface area contributed by atoms with E-state index in [2.05, 4.69) is 46.3 Å². The molecule has 0 N–H and O–H groups in total. The third-order valence-corrected chi connectivity index (χ3v) is 8.94. The summed E-state index contributed by atoms with van der Waals surface area (Å²) in [5.41, 5.74) is 2.43. The second-order valence-electron chi connectivity index (χ2n) is 10.0. The van der Waals surface area contributed by atoms with Crippen molar-refractivity contribution >= 4 is 60.9 Å². The number of carbonyl (C=O) groups excluding carboxylic acids is 1. The average molecular weight is 642 g/mol. The number of esters is 1. The molecular formula is C34H29BrN2O4S. The standard InChI is InChI=1S/C34H29BrN2O4S/c1-4-10-27-30(33(39)41-5-2)31(26-18-22(35)15-16-28(26)40-3)37-32(38)29(42-34(37)36-27)19-25-23-13-8-6-11-20(23)17-21-12-7-9-14-24(21)25/h6-9,11-19,31H,4-5,10H2,1-3H3/b29-19+/t31-/m1/s1. The van der Waals surface area contributed by atoms with Crippen LogP contribution in [0.5, 0.6) is 5.75 Å². The molecule has 2 heterocycles. The molecule has 0 aliphatic carbocycles. The molecule has 0 fully saturated rings. The van der Waals surface area contributed by atoms with Crippen LogP contribution in [0, 0.1) is 0 Å². The molecule has 0 spiro atoms. The van der Waals surface area contributed by atoms with Gasteiger partial charge in [-0.1, -0.05) is 89.1 Å². The summed E-state index contributed by atoms with van der Waals surface area (Å²) in [4.78, 5) is 33.4. The van der Waals surface area contributed by atoms with E-state index in [1.54, 1.807) is 18.6 Å². The Morgan fingerprint density at radius 3 is 2.36 bits per heavy atom. The molecule has 0 amide bonds. The number of carbonyl (C=O) groups is 1. The molecule has 0 saturated carbocycles. The van der Waals surface area contributed by atoms with E-state index in [-0.39, 0.29) is 12.2 Å². The summed E-state index contributed by atoms with van der Waals surface area (Å²) in [7, 11) is 1.59. The molecule has 1 aromatic heterocycles. The highest BCUT2D eigenvalue weighted by molar-refractivity contribution is 9.10. The van der Waals surface area contributed by atoms with E-state index < -0.39 is 12.0 Å². The molecule has 1 aliphatic heterocycles. The lowest BCUT2D eigenvalue weighted by atomic mass is 9.93. The summed E-state index contributed by atoms with van der Waals surface area (Å²) in [6, 6.07) is 23.4. The van der Waals surface area contributed by atoms with Crippen molar-refractivity contribution < 1.29 is 14.3 Å². The number of methoxy groups -OCH3 is 1. The Labute approximate surface area is 255 Å². The minimum atomic E-state index is -0.763. The van der Waals surface area contributed by atoms with E-state index in [4.69, 9.17) is 14.5 Å². The molecular weight excluding hydrogens is 612 g/mol. The summed E-state index contributed by atoms with van der Waals surface area (Å²) in [5.74, 6) is 0.0865. The molecule has 0 radical (unpaired) electrons. The summed E-state index contributed by atoms with van der Waals surface area (Å²) < 4.78 is 14.2. The molecule has 6 nitrogen and oxygen atoms in total. The van der Waals surface area contributed by atoms with Gasteiger partial charge in [-0.05, 0) is 70.8 Å². The van der Waals surface area contributed by atoms with Crippen LogP contribution in [0.15, 0.2) is 98.3 Å². The maximum absolute atomic E-state index is 14.4. The second-order valence-corrected chi connectivity index (χ2v) is 12.0. The zero-order valence-corrected chi connectivity index (χ0v) is 25.9. The molecule has 0 unspecified atom stereocenters. The predicted molar refractivity (Wildman–Crippen MR) is 172 cm³/mol. The number of halogens is 1. The van der Waals surface area contributed by atoms with E-state index in [9.17, 15) is 9.59 Å². The molecule has 6 rings (SSSR count). The zero-order chi connectivity index (χ0) is 29.4. The van der Waals surface area contributed by atoms with Crippen molar-refractivity contribution in [3.8, 4) is 5.75 Å². The number of benzene rings is 4. The third kappa shape index (κ3) is 4.88. The number of hydrogen-bond acceptors (Lipinski definition) is 6. The van der Waals surface area contributed by atoms with Crippen LogP contribution in [0.2, 0.25) is 0 Å². The van der Waals surface area contributed by atoms with Crippen LogP contribution >= 0.6 is 27.3 Å². The Kier molecular flexibility index (Phi) is 7.84. The fraction of sp³-hybridized carbons (Fsp3) is 0.206. The number of hydrogen-bond donors (Lipinski definition) is 0. The van der Waals surface area contributed by atoms with Crippen molar-refractivity contribution in [1.29, 1.82) is 0 Å². The smallest absolute Gasteiger partial charge is 0.338 e. The maximum Gasteiger partial charge on any atom is 0.338 e. The number of nitrogens with zero attached hydrogens (tertiary/aromatic N) is 2. The molecule has 8 heteroatoms. The van der Waals surface area contributed by atoms with E-state index in [1.165, 1.54) is 11.3 Å². The van der Waals surface area contributed by atoms with Gasteiger partial charge < -0.3 is 9.47 Å². The first-order valence-corrected chi connectivity index (χ1v) is 15.5. The molecule has 212 valence electrons. The highest BCUT2D eigenvalue weighted by Crippen LogP contribution is 2.38. The van der Waals surface area contributed by atoms with E-state index in [1.807, 2.05) is 55.5 Å². The number of allylic oxidation sites excluding steroid dienone is 1. The molecule has 4 aromatic carbocycles. The molecule has 0 saturated heterocycles. The molecule has 1 atom stereocenters. The average Bonchev–Trinajstić information content (AvgIpc) is 3.30. The maximum atomic E-state index is 14.4. The number of ether oxygens (including phenoxy) is 2. The van der Waals surface area contributed by atoms with Gasteiger partial charge in [0.2, 0.25) is 0 Å². The van der Waals surface area contributed by atoms with Crippen molar-refractivity contribution in [2.45, 2.75) is 32.7 Å². The Bertz CT molecular complexity index is 2020. The monoisotopic (exact) mass is 640 g/mol. The van der Waals surface area contributed by atoms with Crippen LogP contribution in [-0.2, 0) is 9.53 Å². The van der Waals surface area contributed by atoms with Gasteiger partial charge in [-0.2, -0.15) is 0 Å². The van der Waals surface area contributed by atoms with Gasteiger partial charge in [0.05, 0.1) is 29.5 Å². The fourth-order valence-electron chi connectivity index (χ4n) is 5.67. The van der Waals surface area contributed by atoms with Crippen molar-refractivity contribution in [2.75, 3.05) is 13.7 Å². The lowest BCUT2D eigenvalue weighted by Gasteiger charge is -2.27. The Morgan fingerprint density at radius 2 is 1.71 bits per heavy atom. The van der Waals surface area contributed by atoms with E-state index in [0.717, 1.165) is 38.0 Å². The normalized spacial score (nSPS) is 15.1. The van der Waals surface area contributed by atoms with Crippen LogP contribution in [0.4, 0.5) is 0 Å². The van der Waals surface area contributed by atoms with Crippen LogP contribution in [0.25, 0.3) is 27.6 Å². The van der Waals surface area contributed by atoms with Gasteiger partial charge >= 0.3 is 5.97 Å². The Hall–Kier alpha value is -4.01. The molecule has 1 aliphatic rings. The number of rotatable bonds is 7. The fourth-order valence-corrected chi connectivity index (χ4v) is 7.05. The van der Waals surface area contributed by atoms with Gasteiger partial charge in [0.25, 0.3) is 5.56 Å². The topological polar surface area (TPSA) is 69.9 Å². The number of fused-ring (bicyclic) bond motifs is 3. The largest absolute Gasteiger partial charge is 0.496 e. The summed E-state index contributed by atoms with van der Waals surface area (Å²) in [6.07, 6.45) is 3.32. The van der Waals surface area contributed by atoms with Crippen molar-refractivity contribution in [3.05, 3.63) is 119 Å². The first kappa shape index (κ1) is 28.1. The van der Waals surface area contributed by atoms with Gasteiger partial charge in [-0.25, -0.2) is 9.79 Å². The van der Waals surface area contributed by atoms with Crippen LogP contribution in [-0.4, -0.2) is 24.3 Å². The predicted octanol–water partition coefficient (Wildman–Crippen LogP) is 6.66. The van der Waals surface area contributed by atoms with Gasteiger partial charge in [0, 0.05) is 10.0 Å². The lowest BCUT2D eigenvalue weighted by Crippen LogP contribution is -2.40. The lowest BCUT2D eigenvalue weighted by molar-refractivity contribution is -0.139. The quantitative estimate of drug-likeness (QED) is 0.147. The Morgan fingerprint density at radius 1 is 1.02 bits per heavy atom. The van der Waals surface area contributed by atoms with Crippen molar-refractivity contribution in [1.82, 2.24) is 4.57 Å². The van der Waals surface area contributed by atoms with Crippen molar-refractivity contribution in [3.63, 3.8) is 0 Å². The van der Waals surface area contributed by atoms with E-state index in [0.29, 0.717) is 38.3 Å². The molecule has 5 aromatic rings. The minimum absolute atomic E-state index is 0.211. The van der Waals surface area contributed by atoms with Crippen molar-refractivity contribution in [2.24, 2.45) is 4.99 Å². The molecule has 0 bridgehead atoms. The first-order chi connectivity index (χ1) is 20.4. The second kappa shape index (κ2) is 11.7. The summed E-state index contributed by atoms with van der Waals surface area (Å²) in [5, 5.41) is 4.32. The van der Waals surface area contributed by atoms with E-state index >= 15 is 0 Å². The van der Waals surface area contributed by atoms with Crippen LogP contribution < -0.4 is 19.6 Å². The SMILES string of the molecule is CCCC1=C(C(=O)OCC)[C@@H](c2cc(Br)ccc2OC)n2c(s/c(=C/c3c4ccccc4cc4ccccc34)c2=O)=N1. The highest BCUT2D eigenvalue weighted by atomic mass is 79.9. The first-order valence-electron chi connectivity index (χ1n) is 13.9. The van der Waals surface area contributed by atoms with Gasteiger partial charge in [0.1, 0.15) is 11.8 Å². The number of thiazole rings is 1.